The van der Waals surface area contributed by atoms with Gasteiger partial charge in [0, 0.05) is 0 Å². The number of nitrogens with zero attached hydrogens (tertiary/aromatic N) is 2. The molecule has 6 nitrogen and oxygen atoms in total. The van der Waals surface area contributed by atoms with Crippen LogP contribution in [0.1, 0.15) is 23.8 Å². The Labute approximate surface area is 96.6 Å². The zero-order chi connectivity index (χ0) is 12.1. The van der Waals surface area contributed by atoms with Crippen molar-refractivity contribution in [3.05, 3.63) is 23.0 Å². The average molecular weight is 244 g/mol. The van der Waals surface area contributed by atoms with Crippen LogP contribution in [0.25, 0.3) is 0 Å². The second-order valence-corrected chi connectivity index (χ2v) is 3.40. The molecule has 0 aliphatic rings. The molecule has 1 heterocycles. The van der Waals surface area contributed by atoms with Gasteiger partial charge in [0.05, 0.1) is 0 Å². The lowest BCUT2D eigenvalue weighted by Crippen LogP contribution is -2.40. The largest absolute Gasteiger partial charge is 0.480 e. The Hall–Kier alpha value is -1.69. The third kappa shape index (κ3) is 3.16. The van der Waals surface area contributed by atoms with Gasteiger partial charge in [0.2, 0.25) is 0 Å². The van der Waals surface area contributed by atoms with Crippen LogP contribution in [-0.2, 0) is 4.79 Å². The van der Waals surface area contributed by atoms with E-state index in [0.717, 1.165) is 0 Å². The van der Waals surface area contributed by atoms with Crippen molar-refractivity contribution in [1.29, 1.82) is 0 Å². The van der Waals surface area contributed by atoms with Crippen molar-refractivity contribution in [3.63, 3.8) is 0 Å². The van der Waals surface area contributed by atoms with Crippen LogP contribution in [-0.4, -0.2) is 33.2 Å². The minimum Gasteiger partial charge on any atom is -0.480 e. The van der Waals surface area contributed by atoms with Crippen molar-refractivity contribution < 1.29 is 14.7 Å². The first-order valence-electron chi connectivity index (χ1n) is 4.57. The number of carbonyl (C=O) groups excluding carboxylic acids is 1. The highest BCUT2D eigenvalue weighted by molar-refractivity contribution is 6.29. The molecule has 0 unspecified atom stereocenters. The van der Waals surface area contributed by atoms with Crippen LogP contribution in [0.4, 0.5) is 0 Å². The highest BCUT2D eigenvalue weighted by atomic mass is 35.5. The van der Waals surface area contributed by atoms with Crippen molar-refractivity contribution in [1.82, 2.24) is 15.5 Å². The highest BCUT2D eigenvalue weighted by Gasteiger charge is 2.19. The average Bonchev–Trinajstić information content (AvgIpc) is 2.26. The smallest absolute Gasteiger partial charge is 0.326 e. The summed E-state index contributed by atoms with van der Waals surface area (Å²) in [5.41, 5.74) is 0.0316. The summed E-state index contributed by atoms with van der Waals surface area (Å²) < 4.78 is 0. The van der Waals surface area contributed by atoms with Crippen molar-refractivity contribution >= 4 is 23.5 Å². The third-order valence-corrected chi connectivity index (χ3v) is 2.08. The molecule has 1 atom stereocenters. The minimum atomic E-state index is -1.09. The number of halogens is 1. The molecule has 2 N–H and O–H groups in total. The molecule has 0 bridgehead atoms. The molecule has 0 saturated heterocycles. The molecule has 0 radical (unpaired) electrons. The molecule has 0 spiro atoms. The van der Waals surface area contributed by atoms with E-state index in [9.17, 15) is 9.59 Å². The number of carbonyl (C=O) groups is 2. The number of nitrogens with one attached hydrogen (secondary N) is 1. The Bertz CT molecular complexity index is 393. The van der Waals surface area contributed by atoms with Gasteiger partial charge in [-0.3, -0.25) is 4.79 Å². The molecule has 1 amide bonds. The van der Waals surface area contributed by atoms with E-state index in [0.29, 0.717) is 6.42 Å². The summed E-state index contributed by atoms with van der Waals surface area (Å²) in [7, 11) is 0. The molecule has 1 aromatic rings. The predicted octanol–water partition coefficient (Wildman–Crippen LogP) is 0.723. The predicted molar refractivity (Wildman–Crippen MR) is 56.2 cm³/mol. The summed E-state index contributed by atoms with van der Waals surface area (Å²) in [5, 5.41) is 18.3. The first kappa shape index (κ1) is 12.4. The van der Waals surface area contributed by atoms with Gasteiger partial charge < -0.3 is 10.4 Å². The topological polar surface area (TPSA) is 92.2 Å². The summed E-state index contributed by atoms with van der Waals surface area (Å²) in [6.07, 6.45) is 0.294. The number of hydrogen-bond donors (Lipinski definition) is 2. The molecular formula is C9H10ClN3O3. The monoisotopic (exact) mass is 243 g/mol. The zero-order valence-corrected chi connectivity index (χ0v) is 9.23. The van der Waals surface area contributed by atoms with Gasteiger partial charge >= 0.3 is 5.97 Å². The first-order valence-corrected chi connectivity index (χ1v) is 4.95. The van der Waals surface area contributed by atoms with Gasteiger partial charge in [-0.05, 0) is 18.6 Å². The molecule has 0 aliphatic carbocycles. The molecule has 1 rings (SSSR count). The van der Waals surface area contributed by atoms with E-state index in [-0.39, 0.29) is 10.8 Å². The van der Waals surface area contributed by atoms with Crippen molar-refractivity contribution in [3.8, 4) is 0 Å². The fraction of sp³-hybridized carbons (Fsp3) is 0.333. The van der Waals surface area contributed by atoms with E-state index in [2.05, 4.69) is 15.5 Å². The zero-order valence-electron chi connectivity index (χ0n) is 8.48. The summed E-state index contributed by atoms with van der Waals surface area (Å²) in [6.45, 7) is 1.66. The molecule has 16 heavy (non-hydrogen) atoms. The fourth-order valence-electron chi connectivity index (χ4n) is 1.01. The van der Waals surface area contributed by atoms with Crippen molar-refractivity contribution in [2.75, 3.05) is 0 Å². The maximum absolute atomic E-state index is 11.5. The highest BCUT2D eigenvalue weighted by Crippen LogP contribution is 2.02. The lowest BCUT2D eigenvalue weighted by atomic mass is 10.2. The van der Waals surface area contributed by atoms with Gasteiger partial charge in [-0.15, -0.1) is 10.2 Å². The van der Waals surface area contributed by atoms with Gasteiger partial charge in [-0.25, -0.2) is 4.79 Å². The molecule has 0 aromatic carbocycles. The molecule has 0 saturated carbocycles. The van der Waals surface area contributed by atoms with E-state index in [1.807, 2.05) is 0 Å². The van der Waals surface area contributed by atoms with Crippen LogP contribution < -0.4 is 5.32 Å². The van der Waals surface area contributed by atoms with Crippen LogP contribution >= 0.6 is 11.6 Å². The molecule has 7 heteroatoms. The van der Waals surface area contributed by atoms with Crippen molar-refractivity contribution in [2.45, 2.75) is 19.4 Å². The molecule has 1 aromatic heterocycles. The van der Waals surface area contributed by atoms with Crippen LogP contribution in [0.15, 0.2) is 12.1 Å². The van der Waals surface area contributed by atoms with E-state index in [1.54, 1.807) is 6.92 Å². The molecular weight excluding hydrogens is 234 g/mol. The number of aliphatic carboxylic acids is 1. The number of carboxylic acid groups (broad SMARTS) is 1. The lowest BCUT2D eigenvalue weighted by Gasteiger charge is -2.11. The Morgan fingerprint density at radius 2 is 2.19 bits per heavy atom. The second kappa shape index (κ2) is 5.41. The van der Waals surface area contributed by atoms with Crippen LogP contribution in [0, 0.1) is 0 Å². The summed E-state index contributed by atoms with van der Waals surface area (Å²) in [4.78, 5) is 22.2. The first-order chi connectivity index (χ1) is 7.54. The van der Waals surface area contributed by atoms with Crippen LogP contribution in [0.2, 0.25) is 5.15 Å². The van der Waals surface area contributed by atoms with Crippen molar-refractivity contribution in [2.24, 2.45) is 0 Å². The molecule has 0 aliphatic heterocycles. The minimum absolute atomic E-state index is 0.0316. The van der Waals surface area contributed by atoms with Crippen LogP contribution in [0.3, 0.4) is 0 Å². The van der Waals surface area contributed by atoms with Crippen LogP contribution in [0.5, 0.6) is 0 Å². The van der Waals surface area contributed by atoms with Gasteiger partial charge in [0.1, 0.15) is 6.04 Å². The van der Waals surface area contributed by atoms with E-state index >= 15 is 0 Å². The third-order valence-electron chi connectivity index (χ3n) is 1.88. The summed E-state index contributed by atoms with van der Waals surface area (Å²) >= 11 is 5.50. The maximum Gasteiger partial charge on any atom is 0.326 e. The normalized spacial score (nSPS) is 11.9. The summed E-state index contributed by atoms with van der Waals surface area (Å²) in [6, 6.07) is 1.86. The number of rotatable bonds is 4. The number of amides is 1. The standard InChI is InChI=1S/C9H10ClN3O3/c1-2-5(9(15)16)11-8(14)6-3-4-7(10)13-12-6/h3-5H,2H2,1H3,(H,11,14)(H,15,16)/t5-/m0/s1. The van der Waals surface area contributed by atoms with E-state index in [4.69, 9.17) is 16.7 Å². The van der Waals surface area contributed by atoms with Gasteiger partial charge in [0.25, 0.3) is 5.91 Å². The Balaban J connectivity index is 2.71. The van der Waals surface area contributed by atoms with Gasteiger partial charge in [-0.1, -0.05) is 18.5 Å². The Morgan fingerprint density at radius 1 is 1.50 bits per heavy atom. The quantitative estimate of drug-likeness (QED) is 0.813. The SMILES string of the molecule is CC[C@H](NC(=O)c1ccc(Cl)nn1)C(=O)O. The lowest BCUT2D eigenvalue weighted by molar-refractivity contribution is -0.139. The fourth-order valence-corrected chi connectivity index (χ4v) is 1.11. The number of carboxylic acids is 1. The van der Waals surface area contributed by atoms with E-state index in [1.165, 1.54) is 12.1 Å². The number of aromatic nitrogens is 2. The second-order valence-electron chi connectivity index (χ2n) is 3.01. The molecule has 86 valence electrons. The Morgan fingerprint density at radius 3 is 2.62 bits per heavy atom. The molecule has 0 fully saturated rings. The number of hydrogen-bond acceptors (Lipinski definition) is 4. The Kier molecular flexibility index (Phi) is 4.19. The van der Waals surface area contributed by atoms with Gasteiger partial charge in [0.15, 0.2) is 10.8 Å². The summed E-state index contributed by atoms with van der Waals surface area (Å²) in [5.74, 6) is -1.67. The van der Waals surface area contributed by atoms with Gasteiger partial charge in [-0.2, -0.15) is 0 Å². The maximum atomic E-state index is 11.5. The van der Waals surface area contributed by atoms with E-state index < -0.39 is 17.9 Å².